The first-order chi connectivity index (χ1) is 8.66. The molecular formula is C12H13N3O3. The predicted molar refractivity (Wildman–Crippen MR) is 64.8 cm³/mol. The maximum Gasteiger partial charge on any atom is 0.286 e. The molecule has 0 spiro atoms. The summed E-state index contributed by atoms with van der Waals surface area (Å²) in [5.74, 6) is 0.309. The molecule has 0 N–H and O–H groups in total. The van der Waals surface area contributed by atoms with Gasteiger partial charge in [-0.3, -0.25) is 14.5 Å². The van der Waals surface area contributed by atoms with Gasteiger partial charge in [0.1, 0.15) is 5.65 Å². The number of aryl methyl sites for hydroxylation is 1. The van der Waals surface area contributed by atoms with E-state index in [0.717, 1.165) is 30.1 Å². The van der Waals surface area contributed by atoms with E-state index < -0.39 is 4.92 Å². The molecule has 0 bridgehead atoms. The fourth-order valence-corrected chi connectivity index (χ4v) is 2.41. The molecule has 1 unspecified atom stereocenters. The summed E-state index contributed by atoms with van der Waals surface area (Å²) in [5, 5.41) is 10.8. The van der Waals surface area contributed by atoms with Gasteiger partial charge in [0.05, 0.1) is 23.4 Å². The van der Waals surface area contributed by atoms with Crippen molar-refractivity contribution in [2.75, 3.05) is 13.2 Å². The zero-order valence-electron chi connectivity index (χ0n) is 10.00. The number of nitro groups is 1. The lowest BCUT2D eigenvalue weighted by Gasteiger charge is -2.04. The number of ether oxygens (including phenoxy) is 1. The van der Waals surface area contributed by atoms with Crippen LogP contribution in [-0.4, -0.2) is 27.5 Å². The Morgan fingerprint density at radius 3 is 3.06 bits per heavy atom. The zero-order chi connectivity index (χ0) is 12.7. The molecule has 0 saturated carbocycles. The highest BCUT2D eigenvalue weighted by atomic mass is 16.6. The van der Waals surface area contributed by atoms with Crippen LogP contribution in [0, 0.1) is 17.0 Å². The van der Waals surface area contributed by atoms with Crippen molar-refractivity contribution in [1.82, 2.24) is 9.38 Å². The Morgan fingerprint density at radius 1 is 1.56 bits per heavy atom. The van der Waals surface area contributed by atoms with Crippen LogP contribution in [0.25, 0.3) is 5.65 Å². The lowest BCUT2D eigenvalue weighted by atomic mass is 10.0. The van der Waals surface area contributed by atoms with Crippen LogP contribution in [-0.2, 0) is 4.74 Å². The van der Waals surface area contributed by atoms with Crippen molar-refractivity contribution < 1.29 is 9.66 Å². The van der Waals surface area contributed by atoms with Crippen LogP contribution in [0.4, 0.5) is 5.69 Å². The first-order valence-corrected chi connectivity index (χ1v) is 5.87. The van der Waals surface area contributed by atoms with Gasteiger partial charge in [-0.15, -0.1) is 0 Å². The molecular weight excluding hydrogens is 234 g/mol. The number of aromatic nitrogens is 2. The van der Waals surface area contributed by atoms with Crippen LogP contribution in [0.3, 0.4) is 0 Å². The highest BCUT2D eigenvalue weighted by Gasteiger charge is 2.23. The van der Waals surface area contributed by atoms with Gasteiger partial charge < -0.3 is 4.74 Å². The van der Waals surface area contributed by atoms with Crippen LogP contribution in [0.15, 0.2) is 18.3 Å². The maximum absolute atomic E-state index is 10.8. The van der Waals surface area contributed by atoms with Gasteiger partial charge in [0, 0.05) is 24.3 Å². The van der Waals surface area contributed by atoms with Gasteiger partial charge in [-0.25, -0.2) is 4.98 Å². The van der Waals surface area contributed by atoms with Gasteiger partial charge in [-0.2, -0.15) is 0 Å². The standard InChI is InChI=1S/C12H13N3O3/c1-8-12(9-4-5-18-7-9)13-11-3-2-10(15(16)17)6-14(8)11/h2-3,6,9H,4-5,7H2,1H3. The van der Waals surface area contributed by atoms with Gasteiger partial charge in [0.25, 0.3) is 5.69 Å². The third kappa shape index (κ3) is 1.65. The summed E-state index contributed by atoms with van der Waals surface area (Å²) in [6, 6.07) is 3.17. The fourth-order valence-electron chi connectivity index (χ4n) is 2.41. The van der Waals surface area contributed by atoms with E-state index in [1.165, 1.54) is 12.3 Å². The van der Waals surface area contributed by atoms with Crippen LogP contribution >= 0.6 is 0 Å². The van der Waals surface area contributed by atoms with Crippen LogP contribution in [0.5, 0.6) is 0 Å². The van der Waals surface area contributed by atoms with Gasteiger partial charge >= 0.3 is 0 Å². The molecule has 3 rings (SSSR count). The Labute approximate surface area is 103 Å². The van der Waals surface area contributed by atoms with Crippen LogP contribution in [0.2, 0.25) is 0 Å². The van der Waals surface area contributed by atoms with E-state index in [2.05, 4.69) is 4.98 Å². The van der Waals surface area contributed by atoms with E-state index in [9.17, 15) is 10.1 Å². The molecule has 6 nitrogen and oxygen atoms in total. The summed E-state index contributed by atoms with van der Waals surface area (Å²) in [6.07, 6.45) is 2.49. The number of rotatable bonds is 2. The summed E-state index contributed by atoms with van der Waals surface area (Å²) in [6.45, 7) is 3.39. The average Bonchev–Trinajstić information content (AvgIpc) is 2.97. The Hall–Kier alpha value is -1.95. The lowest BCUT2D eigenvalue weighted by Crippen LogP contribution is -2.00. The highest BCUT2D eigenvalue weighted by molar-refractivity contribution is 5.48. The minimum atomic E-state index is -0.392. The van der Waals surface area contributed by atoms with Crippen LogP contribution < -0.4 is 0 Å². The van der Waals surface area contributed by atoms with Crippen molar-refractivity contribution in [2.24, 2.45) is 0 Å². The molecule has 3 heterocycles. The third-order valence-electron chi connectivity index (χ3n) is 3.41. The van der Waals surface area contributed by atoms with Gasteiger partial charge in [0.2, 0.25) is 0 Å². The Kier molecular flexibility index (Phi) is 2.52. The molecule has 0 radical (unpaired) electrons. The van der Waals surface area contributed by atoms with Crippen molar-refractivity contribution in [3.05, 3.63) is 39.8 Å². The molecule has 2 aromatic heterocycles. The molecule has 2 aromatic rings. The van der Waals surface area contributed by atoms with Crippen LogP contribution in [0.1, 0.15) is 23.7 Å². The Bertz CT molecular complexity index is 614. The predicted octanol–water partition coefficient (Wildman–Crippen LogP) is 2.05. The number of fused-ring (bicyclic) bond motifs is 1. The molecule has 18 heavy (non-hydrogen) atoms. The second-order valence-corrected chi connectivity index (χ2v) is 4.52. The number of nitrogens with zero attached hydrogens (tertiary/aromatic N) is 3. The second-order valence-electron chi connectivity index (χ2n) is 4.52. The highest BCUT2D eigenvalue weighted by Crippen LogP contribution is 2.28. The van der Waals surface area contributed by atoms with E-state index in [0.29, 0.717) is 12.5 Å². The topological polar surface area (TPSA) is 69.7 Å². The largest absolute Gasteiger partial charge is 0.381 e. The van der Waals surface area contributed by atoms with Crippen molar-refractivity contribution >= 4 is 11.3 Å². The van der Waals surface area contributed by atoms with Gasteiger partial charge in [-0.05, 0) is 19.4 Å². The summed E-state index contributed by atoms with van der Waals surface area (Å²) in [7, 11) is 0. The molecule has 0 aliphatic carbocycles. The average molecular weight is 247 g/mol. The molecule has 1 aliphatic rings. The fraction of sp³-hybridized carbons (Fsp3) is 0.417. The molecule has 6 heteroatoms. The molecule has 1 atom stereocenters. The second kappa shape index (κ2) is 4.06. The molecule has 1 fully saturated rings. The number of imidazole rings is 1. The van der Waals surface area contributed by atoms with E-state index >= 15 is 0 Å². The molecule has 1 saturated heterocycles. The van der Waals surface area contributed by atoms with E-state index in [1.807, 2.05) is 6.92 Å². The summed E-state index contributed by atoms with van der Waals surface area (Å²) in [5.41, 5.74) is 2.79. The number of hydrogen-bond acceptors (Lipinski definition) is 4. The third-order valence-corrected chi connectivity index (χ3v) is 3.41. The van der Waals surface area contributed by atoms with E-state index in [-0.39, 0.29) is 5.69 Å². The molecule has 0 aromatic carbocycles. The van der Waals surface area contributed by atoms with Crippen molar-refractivity contribution in [3.8, 4) is 0 Å². The summed E-state index contributed by atoms with van der Waals surface area (Å²) in [4.78, 5) is 14.9. The number of hydrogen-bond donors (Lipinski definition) is 0. The molecule has 0 amide bonds. The SMILES string of the molecule is Cc1c(C2CCOC2)nc2ccc([N+](=O)[O-])cn12. The lowest BCUT2D eigenvalue weighted by molar-refractivity contribution is -0.385. The van der Waals surface area contributed by atoms with Crippen molar-refractivity contribution in [3.63, 3.8) is 0 Å². The van der Waals surface area contributed by atoms with E-state index in [4.69, 9.17) is 4.74 Å². The quantitative estimate of drug-likeness (QED) is 0.601. The molecule has 94 valence electrons. The maximum atomic E-state index is 10.8. The monoisotopic (exact) mass is 247 g/mol. The summed E-state index contributed by atoms with van der Waals surface area (Å²) < 4.78 is 7.15. The van der Waals surface area contributed by atoms with Gasteiger partial charge in [-0.1, -0.05) is 0 Å². The first kappa shape index (κ1) is 11.2. The van der Waals surface area contributed by atoms with E-state index in [1.54, 1.807) is 10.5 Å². The van der Waals surface area contributed by atoms with Gasteiger partial charge in [0.15, 0.2) is 0 Å². The Morgan fingerprint density at radius 2 is 2.39 bits per heavy atom. The minimum Gasteiger partial charge on any atom is -0.381 e. The minimum absolute atomic E-state index is 0.0808. The smallest absolute Gasteiger partial charge is 0.286 e. The number of pyridine rings is 1. The molecule has 1 aliphatic heterocycles. The summed E-state index contributed by atoms with van der Waals surface area (Å²) >= 11 is 0. The Balaban J connectivity index is 2.12. The van der Waals surface area contributed by atoms with Crippen molar-refractivity contribution in [2.45, 2.75) is 19.3 Å². The first-order valence-electron chi connectivity index (χ1n) is 5.87. The van der Waals surface area contributed by atoms with Crippen molar-refractivity contribution in [1.29, 1.82) is 0 Å². The normalized spacial score (nSPS) is 19.5. The zero-order valence-corrected chi connectivity index (χ0v) is 10.00.